The Hall–Kier alpha value is 1.06. The molecule has 41 heavy (non-hydrogen) atoms. The van der Waals surface area contributed by atoms with Gasteiger partial charge in [-0.3, -0.25) is 0 Å². The molecule has 0 amide bonds. The number of nitrogens with two attached hydrogens (primary N) is 1. The van der Waals surface area contributed by atoms with E-state index in [1.165, 1.54) is 25.7 Å². The van der Waals surface area contributed by atoms with Crippen molar-refractivity contribution in [1.29, 1.82) is 0 Å². The number of unbranched alkanes of at least 4 members (excludes halogenated alkanes) is 7. The molecule has 232 valence electrons. The summed E-state index contributed by atoms with van der Waals surface area (Å²) in [6.07, 6.45) is 4.18. The van der Waals surface area contributed by atoms with Gasteiger partial charge in [0.2, 0.25) is 0 Å². The standard InChI is InChI=1S/C27H51NO9.ClH.3Na.3H/c1-8-12-13-14-15-16-17-18-19-23(20(5)35-24(29)32-9-2)27(28,21(6)36-25(30)33-10-3)22(7)37-26(31)34-11-4;;;;;;;/h20-23H,8-19,28H2,1-7H3;1H;;;;;;. The van der Waals surface area contributed by atoms with Gasteiger partial charge in [-0.2, -0.15) is 0 Å². The third-order valence-corrected chi connectivity index (χ3v) is 6.60. The van der Waals surface area contributed by atoms with Crippen LogP contribution in [0.2, 0.25) is 0 Å². The number of hydrogen-bond donors (Lipinski definition) is 1. The quantitative estimate of drug-likeness (QED) is 0.0890. The van der Waals surface area contributed by atoms with E-state index in [1.54, 1.807) is 41.5 Å². The molecular weight excluding hydrogens is 587 g/mol. The number of carbonyl (C=O) groups is 3. The van der Waals surface area contributed by atoms with Crippen LogP contribution in [-0.2, 0) is 28.4 Å². The molecule has 4 unspecified atom stereocenters. The summed E-state index contributed by atoms with van der Waals surface area (Å²) in [5, 5.41) is 0. The fraction of sp³-hybridized carbons (Fsp3) is 0.889. The van der Waals surface area contributed by atoms with Gasteiger partial charge in [0.1, 0.15) is 18.3 Å². The molecule has 0 aliphatic carbocycles. The van der Waals surface area contributed by atoms with Crippen molar-refractivity contribution in [3.05, 3.63) is 0 Å². The first-order valence-corrected chi connectivity index (χ1v) is 13.9. The Labute approximate surface area is 320 Å². The van der Waals surface area contributed by atoms with Crippen LogP contribution in [0, 0.1) is 5.92 Å². The first-order valence-electron chi connectivity index (χ1n) is 13.9. The van der Waals surface area contributed by atoms with Crippen LogP contribution in [0.25, 0.3) is 0 Å². The van der Waals surface area contributed by atoms with Gasteiger partial charge in [-0.15, -0.1) is 12.4 Å². The van der Waals surface area contributed by atoms with E-state index in [0.29, 0.717) is 6.42 Å². The number of ether oxygens (including phenoxy) is 6. The molecule has 0 saturated carbocycles. The van der Waals surface area contributed by atoms with Crippen LogP contribution in [0.1, 0.15) is 106 Å². The summed E-state index contributed by atoms with van der Waals surface area (Å²) in [5.41, 5.74) is 5.53. The Morgan fingerprint density at radius 3 is 1.32 bits per heavy atom. The molecule has 0 fully saturated rings. The summed E-state index contributed by atoms with van der Waals surface area (Å²) in [7, 11) is 0. The van der Waals surface area contributed by atoms with Crippen LogP contribution in [0.4, 0.5) is 14.4 Å². The summed E-state index contributed by atoms with van der Waals surface area (Å²) in [6.45, 7) is 12.5. The van der Waals surface area contributed by atoms with Crippen molar-refractivity contribution in [3.63, 3.8) is 0 Å². The number of carbonyl (C=O) groups excluding carboxylic acids is 3. The minimum absolute atomic E-state index is 0. The third-order valence-electron chi connectivity index (χ3n) is 6.60. The summed E-state index contributed by atoms with van der Waals surface area (Å²) in [5.74, 6) is -0.550. The van der Waals surface area contributed by atoms with Crippen LogP contribution < -0.4 is 5.73 Å². The van der Waals surface area contributed by atoms with E-state index in [0.717, 1.165) is 25.7 Å². The van der Waals surface area contributed by atoms with Crippen molar-refractivity contribution in [3.8, 4) is 0 Å². The van der Waals surface area contributed by atoms with Crippen LogP contribution in [0.5, 0.6) is 0 Å². The molecule has 0 rings (SSSR count). The molecule has 0 aromatic heterocycles. The van der Waals surface area contributed by atoms with Crippen molar-refractivity contribution in [2.45, 2.75) is 130 Å². The first kappa shape index (κ1) is 51.6. The van der Waals surface area contributed by atoms with E-state index in [9.17, 15) is 14.4 Å². The molecule has 0 aliphatic rings. The molecule has 10 nitrogen and oxygen atoms in total. The Kier molecular flexibility index (Phi) is 39.1. The minimum atomic E-state index is -1.44. The molecule has 0 aromatic rings. The van der Waals surface area contributed by atoms with Gasteiger partial charge in [-0.25, -0.2) is 14.4 Å². The zero-order valence-corrected chi connectivity index (χ0v) is 25.3. The van der Waals surface area contributed by atoms with E-state index in [-0.39, 0.29) is 121 Å². The van der Waals surface area contributed by atoms with E-state index in [2.05, 4.69) is 6.92 Å². The maximum atomic E-state index is 12.2. The fourth-order valence-corrected chi connectivity index (χ4v) is 4.51. The molecule has 0 heterocycles. The zero-order valence-electron chi connectivity index (χ0n) is 24.5. The van der Waals surface area contributed by atoms with Gasteiger partial charge in [0.25, 0.3) is 0 Å². The summed E-state index contributed by atoms with van der Waals surface area (Å²) in [4.78, 5) is 36.5. The fourth-order valence-electron chi connectivity index (χ4n) is 4.51. The van der Waals surface area contributed by atoms with E-state index in [1.807, 2.05) is 0 Å². The molecule has 0 bridgehead atoms. The van der Waals surface area contributed by atoms with Gasteiger partial charge in [-0.1, -0.05) is 58.3 Å². The molecule has 0 aliphatic heterocycles. The van der Waals surface area contributed by atoms with Crippen molar-refractivity contribution >= 4 is 120 Å². The van der Waals surface area contributed by atoms with E-state index >= 15 is 0 Å². The second-order valence-corrected chi connectivity index (χ2v) is 9.26. The van der Waals surface area contributed by atoms with Crippen LogP contribution in [-0.4, -0.2) is 151 Å². The predicted octanol–water partition coefficient (Wildman–Crippen LogP) is 4.99. The second kappa shape index (κ2) is 31.1. The average Bonchev–Trinajstić information content (AvgIpc) is 2.82. The van der Waals surface area contributed by atoms with Gasteiger partial charge < -0.3 is 34.2 Å². The number of rotatable bonds is 19. The van der Waals surface area contributed by atoms with Gasteiger partial charge in [0.05, 0.1) is 25.4 Å². The summed E-state index contributed by atoms with van der Waals surface area (Å²) < 4.78 is 31.4. The molecule has 0 aromatic carbocycles. The zero-order chi connectivity index (χ0) is 28.3. The molecule has 14 heteroatoms. The van der Waals surface area contributed by atoms with Crippen molar-refractivity contribution in [1.82, 2.24) is 0 Å². The predicted molar refractivity (Wildman–Crippen MR) is 169 cm³/mol. The van der Waals surface area contributed by atoms with E-state index < -0.39 is 48.2 Å². The van der Waals surface area contributed by atoms with Crippen LogP contribution in [0.15, 0.2) is 0 Å². The Morgan fingerprint density at radius 2 is 0.951 bits per heavy atom. The SMILES string of the molecule is CCCCCCCCCCC(C(C)OC(=O)OCC)C(N)(C(C)OC(=O)OCC)C(C)OC(=O)OCC.Cl.[NaH].[NaH].[NaH]. The van der Waals surface area contributed by atoms with E-state index in [4.69, 9.17) is 34.2 Å². The normalized spacial score (nSPS) is 14.3. The van der Waals surface area contributed by atoms with Crippen molar-refractivity contribution in [2.75, 3.05) is 19.8 Å². The maximum absolute atomic E-state index is 12.2. The van der Waals surface area contributed by atoms with Crippen LogP contribution >= 0.6 is 12.4 Å². The molecule has 2 N–H and O–H groups in total. The monoisotopic (exact) mass is 641 g/mol. The molecule has 0 radical (unpaired) electrons. The van der Waals surface area contributed by atoms with Gasteiger partial charge in [0.15, 0.2) is 0 Å². The Bertz CT molecular complexity index is 640. The van der Waals surface area contributed by atoms with Gasteiger partial charge in [-0.05, 0) is 48.0 Å². The molecule has 4 atom stereocenters. The molecular formula is C27H55ClNNa3O9. The van der Waals surface area contributed by atoms with Gasteiger partial charge >= 0.3 is 107 Å². The Morgan fingerprint density at radius 1 is 0.610 bits per heavy atom. The summed E-state index contributed by atoms with van der Waals surface area (Å²) in [6, 6.07) is 0. The molecule has 0 spiro atoms. The first-order chi connectivity index (χ1) is 17.6. The topological polar surface area (TPSA) is 133 Å². The average molecular weight is 642 g/mol. The molecule has 0 saturated heterocycles. The van der Waals surface area contributed by atoms with Crippen molar-refractivity contribution < 1.29 is 42.8 Å². The third kappa shape index (κ3) is 21.4. The van der Waals surface area contributed by atoms with Crippen LogP contribution in [0.3, 0.4) is 0 Å². The number of hydrogen-bond acceptors (Lipinski definition) is 10. The second-order valence-electron chi connectivity index (χ2n) is 9.26. The number of halogens is 1. The van der Waals surface area contributed by atoms with Gasteiger partial charge in [0, 0.05) is 5.92 Å². The Balaban J connectivity index is -0.00000108. The van der Waals surface area contributed by atoms with Crippen molar-refractivity contribution in [2.24, 2.45) is 11.7 Å². The summed E-state index contributed by atoms with van der Waals surface area (Å²) >= 11 is 0.